The number of thiophene rings is 2. The highest BCUT2D eigenvalue weighted by Gasteiger charge is 2.17. The van der Waals surface area contributed by atoms with Crippen molar-refractivity contribution < 1.29 is 4.79 Å². The molecule has 0 unspecified atom stereocenters. The number of nitrogens with zero attached hydrogens (tertiary/aromatic N) is 2. The molecule has 1 amide bonds. The number of rotatable bonds is 6. The van der Waals surface area contributed by atoms with Crippen LogP contribution in [0.15, 0.2) is 62.0 Å². The van der Waals surface area contributed by atoms with Crippen LogP contribution in [0.5, 0.6) is 0 Å². The number of anilines is 1. The van der Waals surface area contributed by atoms with Gasteiger partial charge in [0.25, 0.3) is 5.56 Å². The van der Waals surface area contributed by atoms with E-state index >= 15 is 0 Å². The molecule has 4 aromatic rings. The number of benzene rings is 1. The van der Waals surface area contributed by atoms with Gasteiger partial charge in [0.2, 0.25) is 5.91 Å². The minimum Gasteiger partial charge on any atom is -0.325 e. The Hall–Kier alpha value is -2.07. The van der Waals surface area contributed by atoms with Crippen LogP contribution >= 0.6 is 46.2 Å². The summed E-state index contributed by atoms with van der Waals surface area (Å²) in [5.41, 5.74) is 1.60. The average molecular weight is 460 g/mol. The van der Waals surface area contributed by atoms with Crippen LogP contribution in [0.2, 0.25) is 0 Å². The van der Waals surface area contributed by atoms with Crippen LogP contribution < -0.4 is 10.9 Å². The lowest BCUT2D eigenvalue weighted by atomic mass is 10.2. The van der Waals surface area contributed by atoms with Crippen LogP contribution in [0.1, 0.15) is 0 Å². The summed E-state index contributed by atoms with van der Waals surface area (Å²) in [7, 11) is 1.70. The Morgan fingerprint density at radius 2 is 2.10 bits per heavy atom. The first-order valence-corrected chi connectivity index (χ1v) is 12.6. The molecule has 0 saturated heterocycles. The molecule has 0 aliphatic carbocycles. The predicted octanol–water partition coefficient (Wildman–Crippen LogP) is 5.18. The summed E-state index contributed by atoms with van der Waals surface area (Å²) in [6.07, 6.45) is 1.99. The van der Waals surface area contributed by atoms with Crippen LogP contribution in [0.3, 0.4) is 0 Å². The van der Waals surface area contributed by atoms with Gasteiger partial charge in [0.05, 0.1) is 11.1 Å². The fourth-order valence-corrected chi connectivity index (χ4v) is 5.86. The van der Waals surface area contributed by atoms with Gasteiger partial charge in [-0.2, -0.15) is 0 Å². The SMILES string of the molecule is CSc1cccc(NC(=O)CSc2nc3scc(-c4cccs4)c3c(=O)n2C)c1. The number of hydrogen-bond acceptors (Lipinski definition) is 7. The summed E-state index contributed by atoms with van der Waals surface area (Å²) < 4.78 is 1.53. The van der Waals surface area contributed by atoms with E-state index in [1.165, 1.54) is 27.7 Å². The smallest absolute Gasteiger partial charge is 0.263 e. The largest absolute Gasteiger partial charge is 0.325 e. The standard InChI is InChI=1S/C20H17N3O2S4/c1-23-19(25)17-14(15-7-4-8-27-15)10-28-18(17)22-20(23)29-11-16(24)21-12-5-3-6-13(9-12)26-2/h3-10H,11H2,1-2H3,(H,21,24). The Bertz CT molecular complexity index is 1230. The molecule has 0 aliphatic rings. The molecule has 0 fully saturated rings. The molecule has 29 heavy (non-hydrogen) atoms. The van der Waals surface area contributed by atoms with Crippen molar-refractivity contribution in [2.75, 3.05) is 17.3 Å². The van der Waals surface area contributed by atoms with E-state index in [4.69, 9.17) is 0 Å². The molecule has 1 aromatic carbocycles. The number of thioether (sulfide) groups is 2. The van der Waals surface area contributed by atoms with Crippen molar-refractivity contribution in [3.8, 4) is 10.4 Å². The van der Waals surface area contributed by atoms with Crippen molar-refractivity contribution in [2.24, 2.45) is 7.05 Å². The van der Waals surface area contributed by atoms with E-state index in [0.717, 1.165) is 21.0 Å². The van der Waals surface area contributed by atoms with Gasteiger partial charge in [-0.1, -0.05) is 23.9 Å². The zero-order chi connectivity index (χ0) is 20.4. The first-order valence-electron chi connectivity index (χ1n) is 8.65. The van der Waals surface area contributed by atoms with E-state index in [2.05, 4.69) is 10.3 Å². The summed E-state index contributed by atoms with van der Waals surface area (Å²) in [5.74, 6) is 0.0476. The second-order valence-electron chi connectivity index (χ2n) is 6.13. The van der Waals surface area contributed by atoms with E-state index in [1.54, 1.807) is 30.1 Å². The van der Waals surface area contributed by atoms with Crippen molar-refractivity contribution in [1.82, 2.24) is 9.55 Å². The van der Waals surface area contributed by atoms with Gasteiger partial charge in [-0.25, -0.2) is 4.98 Å². The molecule has 1 N–H and O–H groups in total. The number of hydrogen-bond donors (Lipinski definition) is 1. The second kappa shape index (κ2) is 8.74. The topological polar surface area (TPSA) is 64.0 Å². The molecular weight excluding hydrogens is 443 g/mol. The highest BCUT2D eigenvalue weighted by atomic mass is 32.2. The van der Waals surface area contributed by atoms with Crippen LogP contribution in [0.4, 0.5) is 5.69 Å². The second-order valence-corrected chi connectivity index (χ2v) is 9.76. The van der Waals surface area contributed by atoms with Gasteiger partial charge in [-0.05, 0) is 35.9 Å². The van der Waals surface area contributed by atoms with E-state index in [9.17, 15) is 9.59 Å². The Balaban J connectivity index is 1.53. The van der Waals surface area contributed by atoms with E-state index in [0.29, 0.717) is 15.4 Å². The van der Waals surface area contributed by atoms with E-state index < -0.39 is 0 Å². The number of nitrogens with one attached hydrogen (secondary N) is 1. The van der Waals surface area contributed by atoms with Crippen molar-refractivity contribution in [3.63, 3.8) is 0 Å². The van der Waals surface area contributed by atoms with E-state index in [-0.39, 0.29) is 17.2 Å². The quantitative estimate of drug-likeness (QED) is 0.318. The first-order chi connectivity index (χ1) is 14.1. The fourth-order valence-electron chi connectivity index (χ4n) is 2.82. The van der Waals surface area contributed by atoms with Crippen LogP contribution in [0, 0.1) is 0 Å². The van der Waals surface area contributed by atoms with Gasteiger partial charge >= 0.3 is 0 Å². The third-order valence-corrected chi connectivity index (χ3v) is 7.78. The minimum absolute atomic E-state index is 0.0878. The molecule has 0 bridgehead atoms. The summed E-state index contributed by atoms with van der Waals surface area (Å²) in [4.78, 5) is 32.8. The van der Waals surface area contributed by atoms with Crippen molar-refractivity contribution in [2.45, 2.75) is 10.1 Å². The maximum atomic E-state index is 13.0. The van der Waals surface area contributed by atoms with Gasteiger partial charge in [-0.3, -0.25) is 14.2 Å². The third-order valence-electron chi connectivity index (χ3n) is 4.25. The molecule has 3 aromatic heterocycles. The fraction of sp³-hybridized carbons (Fsp3) is 0.150. The van der Waals surface area contributed by atoms with Crippen molar-refractivity contribution in [3.05, 3.63) is 57.5 Å². The summed E-state index contributed by atoms with van der Waals surface area (Å²) >= 11 is 5.95. The maximum absolute atomic E-state index is 13.0. The van der Waals surface area contributed by atoms with Gasteiger partial charge in [0.1, 0.15) is 4.83 Å². The normalized spacial score (nSPS) is 11.1. The van der Waals surface area contributed by atoms with Crippen LogP contribution in [-0.4, -0.2) is 27.5 Å². The zero-order valence-electron chi connectivity index (χ0n) is 15.7. The maximum Gasteiger partial charge on any atom is 0.263 e. The van der Waals surface area contributed by atoms with Gasteiger partial charge in [-0.15, -0.1) is 34.4 Å². The molecule has 9 heteroatoms. The Morgan fingerprint density at radius 1 is 1.24 bits per heavy atom. The molecule has 0 radical (unpaired) electrons. The van der Waals surface area contributed by atoms with E-state index in [1.807, 2.05) is 53.4 Å². The number of carbonyl (C=O) groups is 1. The lowest BCUT2D eigenvalue weighted by Gasteiger charge is -2.09. The number of fused-ring (bicyclic) bond motifs is 1. The molecule has 148 valence electrons. The summed E-state index contributed by atoms with van der Waals surface area (Å²) in [6, 6.07) is 11.7. The molecule has 0 aliphatic heterocycles. The van der Waals surface area contributed by atoms with Gasteiger partial charge in [0, 0.05) is 33.5 Å². The zero-order valence-corrected chi connectivity index (χ0v) is 18.9. The van der Waals surface area contributed by atoms with Crippen molar-refractivity contribution >= 4 is 68.0 Å². The Labute approximate surface area is 184 Å². The number of carbonyl (C=O) groups excluding carboxylic acids is 1. The first kappa shape index (κ1) is 20.2. The molecule has 4 rings (SSSR count). The Kier molecular flexibility index (Phi) is 6.09. The third kappa shape index (κ3) is 4.28. The highest BCUT2D eigenvalue weighted by Crippen LogP contribution is 2.34. The summed E-state index contributed by atoms with van der Waals surface area (Å²) in [6.45, 7) is 0. The molecule has 5 nitrogen and oxygen atoms in total. The lowest BCUT2D eigenvalue weighted by molar-refractivity contribution is -0.113. The average Bonchev–Trinajstić information content (AvgIpc) is 3.39. The number of aromatic nitrogens is 2. The predicted molar refractivity (Wildman–Crippen MR) is 126 cm³/mol. The molecule has 0 spiro atoms. The number of amides is 1. The van der Waals surface area contributed by atoms with Gasteiger partial charge < -0.3 is 5.32 Å². The lowest BCUT2D eigenvalue weighted by Crippen LogP contribution is -2.21. The molecule has 0 saturated carbocycles. The van der Waals surface area contributed by atoms with Crippen LogP contribution in [0.25, 0.3) is 20.7 Å². The minimum atomic E-state index is -0.131. The Morgan fingerprint density at radius 3 is 2.86 bits per heavy atom. The van der Waals surface area contributed by atoms with Crippen LogP contribution in [-0.2, 0) is 11.8 Å². The van der Waals surface area contributed by atoms with Crippen molar-refractivity contribution in [1.29, 1.82) is 0 Å². The monoisotopic (exact) mass is 459 g/mol. The molecule has 3 heterocycles. The molecule has 0 atom stereocenters. The highest BCUT2D eigenvalue weighted by molar-refractivity contribution is 7.99. The molecular formula is C20H17N3O2S4. The van der Waals surface area contributed by atoms with Gasteiger partial charge in [0.15, 0.2) is 5.16 Å². The summed E-state index contributed by atoms with van der Waals surface area (Å²) in [5, 5.41) is 8.05.